The van der Waals surface area contributed by atoms with Crippen LogP contribution in [0.25, 0.3) is 0 Å². The lowest BCUT2D eigenvalue weighted by molar-refractivity contribution is 0.0977. The van der Waals surface area contributed by atoms with Gasteiger partial charge in [0, 0.05) is 17.3 Å². The maximum atomic E-state index is 12.4. The van der Waals surface area contributed by atoms with Gasteiger partial charge in [-0.25, -0.2) is 8.42 Å². The number of aromatic nitrogens is 1. The Bertz CT molecular complexity index is 1150. The molecule has 10 heteroatoms. The quantitative estimate of drug-likeness (QED) is 0.533. The molecular weight excluding hydrogens is 412 g/mol. The van der Waals surface area contributed by atoms with Crippen molar-refractivity contribution in [2.45, 2.75) is 18.7 Å². The standard InChI is InChI=1S/C19H18N4O4S2/c1-12-4-3-5-14(10-12)18(24)21-19(28)20-15-6-8-16(9-7-15)29(25,26)23-17-11-13(2)27-22-17/h3-11H,1-2H3,(H,22,23)(H2,20,21,24,28). The highest BCUT2D eigenvalue weighted by atomic mass is 32.2. The van der Waals surface area contributed by atoms with Crippen LogP contribution in [0.4, 0.5) is 11.5 Å². The van der Waals surface area contributed by atoms with Crippen molar-refractivity contribution in [2.24, 2.45) is 0 Å². The van der Waals surface area contributed by atoms with E-state index < -0.39 is 10.0 Å². The van der Waals surface area contributed by atoms with E-state index >= 15 is 0 Å². The number of carbonyl (C=O) groups is 1. The van der Waals surface area contributed by atoms with E-state index in [0.717, 1.165) is 5.56 Å². The molecule has 0 aliphatic carbocycles. The highest BCUT2D eigenvalue weighted by molar-refractivity contribution is 7.92. The summed E-state index contributed by atoms with van der Waals surface area (Å²) in [5.74, 6) is 0.255. The van der Waals surface area contributed by atoms with Crippen molar-refractivity contribution in [3.05, 3.63) is 71.5 Å². The molecule has 3 aromatic rings. The van der Waals surface area contributed by atoms with Crippen LogP contribution in [-0.4, -0.2) is 24.6 Å². The Kier molecular flexibility index (Phi) is 5.95. The second kappa shape index (κ2) is 8.41. The zero-order chi connectivity index (χ0) is 21.0. The molecule has 0 unspecified atom stereocenters. The van der Waals surface area contributed by atoms with Gasteiger partial charge < -0.3 is 9.84 Å². The van der Waals surface area contributed by atoms with Crippen molar-refractivity contribution in [3.8, 4) is 0 Å². The molecule has 3 N–H and O–H groups in total. The first kappa shape index (κ1) is 20.5. The van der Waals surface area contributed by atoms with Crippen LogP contribution in [-0.2, 0) is 10.0 Å². The molecule has 0 bridgehead atoms. The summed E-state index contributed by atoms with van der Waals surface area (Å²) in [6, 6.07) is 14.5. The fourth-order valence-electron chi connectivity index (χ4n) is 2.45. The number of hydrogen-bond acceptors (Lipinski definition) is 6. The predicted octanol–water partition coefficient (Wildman–Crippen LogP) is 3.22. The summed E-state index contributed by atoms with van der Waals surface area (Å²) in [6.07, 6.45) is 0. The van der Waals surface area contributed by atoms with Crippen LogP contribution in [0, 0.1) is 13.8 Å². The zero-order valence-electron chi connectivity index (χ0n) is 15.6. The van der Waals surface area contributed by atoms with Crippen LogP contribution >= 0.6 is 12.2 Å². The van der Waals surface area contributed by atoms with Gasteiger partial charge in [0.1, 0.15) is 5.76 Å². The third-order valence-corrected chi connectivity index (χ3v) is 5.37. The van der Waals surface area contributed by atoms with Crippen molar-refractivity contribution in [1.82, 2.24) is 10.5 Å². The molecule has 0 aliphatic heterocycles. The lowest BCUT2D eigenvalue weighted by Crippen LogP contribution is -2.34. The van der Waals surface area contributed by atoms with Crippen LogP contribution in [0.5, 0.6) is 0 Å². The van der Waals surface area contributed by atoms with Crippen LogP contribution in [0.3, 0.4) is 0 Å². The van der Waals surface area contributed by atoms with Crippen molar-refractivity contribution in [1.29, 1.82) is 0 Å². The van der Waals surface area contributed by atoms with E-state index in [0.29, 0.717) is 17.0 Å². The third-order valence-electron chi connectivity index (χ3n) is 3.80. The number of carbonyl (C=O) groups excluding carboxylic acids is 1. The van der Waals surface area contributed by atoms with E-state index in [9.17, 15) is 13.2 Å². The summed E-state index contributed by atoms with van der Waals surface area (Å²) in [5.41, 5.74) is 1.98. The molecule has 0 aliphatic rings. The highest BCUT2D eigenvalue weighted by Crippen LogP contribution is 2.18. The minimum atomic E-state index is -3.81. The molecule has 0 spiro atoms. The molecule has 0 radical (unpaired) electrons. The molecule has 3 rings (SSSR count). The number of hydrogen-bond donors (Lipinski definition) is 3. The molecule has 0 fully saturated rings. The molecule has 1 aromatic heterocycles. The van der Waals surface area contributed by atoms with E-state index in [1.54, 1.807) is 25.1 Å². The van der Waals surface area contributed by atoms with Crippen molar-refractivity contribution in [2.75, 3.05) is 10.0 Å². The molecule has 8 nitrogen and oxygen atoms in total. The molecule has 0 saturated carbocycles. The van der Waals surface area contributed by atoms with Crippen LogP contribution in [0.2, 0.25) is 0 Å². The number of aryl methyl sites for hydroxylation is 2. The second-order valence-corrected chi connectivity index (χ2v) is 8.32. The molecule has 0 saturated heterocycles. The SMILES string of the molecule is Cc1cccc(C(=O)NC(=S)Nc2ccc(S(=O)(=O)Nc3cc(C)on3)cc2)c1. The van der Waals surface area contributed by atoms with Crippen LogP contribution in [0.15, 0.2) is 64.0 Å². The average Bonchev–Trinajstić information content (AvgIpc) is 3.06. The monoisotopic (exact) mass is 430 g/mol. The Balaban J connectivity index is 1.62. The first-order chi connectivity index (χ1) is 13.7. The van der Waals surface area contributed by atoms with Crippen LogP contribution in [0.1, 0.15) is 21.7 Å². The second-order valence-electron chi connectivity index (χ2n) is 6.23. The number of nitrogens with one attached hydrogen (secondary N) is 3. The lowest BCUT2D eigenvalue weighted by Gasteiger charge is -2.11. The minimum absolute atomic E-state index is 0.0402. The molecule has 1 heterocycles. The van der Waals surface area contributed by atoms with Gasteiger partial charge in [0.05, 0.1) is 4.90 Å². The van der Waals surface area contributed by atoms with Gasteiger partial charge in [-0.3, -0.25) is 14.8 Å². The maximum absolute atomic E-state index is 12.4. The topological polar surface area (TPSA) is 113 Å². The van der Waals surface area contributed by atoms with Gasteiger partial charge in [-0.1, -0.05) is 22.9 Å². The smallest absolute Gasteiger partial charge is 0.263 e. The molecule has 0 atom stereocenters. The van der Waals surface area contributed by atoms with Gasteiger partial charge >= 0.3 is 0 Å². The molecular formula is C19H18N4O4S2. The van der Waals surface area contributed by atoms with E-state index in [1.165, 1.54) is 30.3 Å². The van der Waals surface area contributed by atoms with E-state index in [1.807, 2.05) is 13.0 Å². The number of nitrogens with zero attached hydrogens (tertiary/aromatic N) is 1. The fraction of sp³-hybridized carbons (Fsp3) is 0.105. The summed E-state index contributed by atoms with van der Waals surface area (Å²) in [7, 11) is -3.81. The predicted molar refractivity (Wildman–Crippen MR) is 113 cm³/mol. The van der Waals surface area contributed by atoms with E-state index in [2.05, 4.69) is 20.5 Å². The summed E-state index contributed by atoms with van der Waals surface area (Å²) in [5, 5.41) is 9.14. The Morgan fingerprint density at radius 3 is 2.41 bits per heavy atom. The van der Waals surface area contributed by atoms with Crippen molar-refractivity contribution < 1.29 is 17.7 Å². The third kappa shape index (κ3) is 5.39. The molecule has 2 aromatic carbocycles. The first-order valence-electron chi connectivity index (χ1n) is 8.48. The Labute approximate surface area is 173 Å². The molecule has 150 valence electrons. The average molecular weight is 431 g/mol. The van der Waals surface area contributed by atoms with Gasteiger partial charge in [0.25, 0.3) is 15.9 Å². The minimum Gasteiger partial charge on any atom is -0.360 e. The van der Waals surface area contributed by atoms with Gasteiger partial charge in [-0.05, 0) is 62.5 Å². The van der Waals surface area contributed by atoms with Gasteiger partial charge in [-0.2, -0.15) is 0 Å². The Morgan fingerprint density at radius 2 is 1.79 bits per heavy atom. The normalized spacial score (nSPS) is 11.0. The number of benzene rings is 2. The van der Waals surface area contributed by atoms with Gasteiger partial charge in [0.15, 0.2) is 10.9 Å². The number of anilines is 2. The summed E-state index contributed by atoms with van der Waals surface area (Å²) in [4.78, 5) is 12.3. The van der Waals surface area contributed by atoms with E-state index in [-0.39, 0.29) is 21.7 Å². The highest BCUT2D eigenvalue weighted by Gasteiger charge is 2.16. The fourth-order valence-corrected chi connectivity index (χ4v) is 3.65. The van der Waals surface area contributed by atoms with Crippen molar-refractivity contribution >= 4 is 44.8 Å². The summed E-state index contributed by atoms with van der Waals surface area (Å²) >= 11 is 5.15. The first-order valence-corrected chi connectivity index (χ1v) is 10.4. The van der Waals surface area contributed by atoms with Crippen LogP contribution < -0.4 is 15.4 Å². The number of thiocarbonyl (C=S) groups is 1. The van der Waals surface area contributed by atoms with Crippen molar-refractivity contribution in [3.63, 3.8) is 0 Å². The van der Waals surface area contributed by atoms with Gasteiger partial charge in [0.2, 0.25) is 0 Å². The lowest BCUT2D eigenvalue weighted by atomic mass is 10.1. The summed E-state index contributed by atoms with van der Waals surface area (Å²) in [6.45, 7) is 3.55. The number of amides is 1. The molecule has 1 amide bonds. The maximum Gasteiger partial charge on any atom is 0.263 e. The summed E-state index contributed by atoms with van der Waals surface area (Å²) < 4.78 is 31.9. The Morgan fingerprint density at radius 1 is 1.07 bits per heavy atom. The van der Waals surface area contributed by atoms with E-state index in [4.69, 9.17) is 16.7 Å². The Hall–Kier alpha value is -3.24. The number of rotatable bonds is 5. The largest absolute Gasteiger partial charge is 0.360 e. The zero-order valence-corrected chi connectivity index (χ0v) is 17.2. The molecule has 29 heavy (non-hydrogen) atoms. The van der Waals surface area contributed by atoms with Gasteiger partial charge in [-0.15, -0.1) is 0 Å². The number of sulfonamides is 1.